The van der Waals surface area contributed by atoms with Crippen molar-refractivity contribution in [3.05, 3.63) is 120 Å². The fourth-order valence-corrected chi connectivity index (χ4v) is 3.64. The van der Waals surface area contributed by atoms with E-state index in [0.717, 1.165) is 20.9 Å². The number of nitrogens with zero attached hydrogens (tertiary/aromatic N) is 2. The summed E-state index contributed by atoms with van der Waals surface area (Å²) in [5.41, 5.74) is 3.98. The number of rotatable bonds is 6. The van der Waals surface area contributed by atoms with Crippen LogP contribution in [-0.2, 0) is 6.42 Å². The van der Waals surface area contributed by atoms with Crippen molar-refractivity contribution < 1.29 is 19.8 Å². The lowest BCUT2D eigenvalue weighted by molar-refractivity contribution is -0.246. The van der Waals surface area contributed by atoms with Crippen molar-refractivity contribution in [2.24, 2.45) is 0 Å². The molecule has 33 heavy (non-hydrogen) atoms. The van der Waals surface area contributed by atoms with Crippen molar-refractivity contribution in [3.63, 3.8) is 0 Å². The summed E-state index contributed by atoms with van der Waals surface area (Å²) >= 11 is 0. The zero-order valence-electron chi connectivity index (χ0n) is 17.6. The first-order valence-electron chi connectivity index (χ1n) is 10.3. The molecule has 0 aliphatic rings. The van der Waals surface area contributed by atoms with E-state index >= 15 is 0 Å². The van der Waals surface area contributed by atoms with E-state index in [2.05, 4.69) is 0 Å². The minimum atomic E-state index is -1.31. The van der Waals surface area contributed by atoms with Gasteiger partial charge in [-0.15, -0.1) is 0 Å². The van der Waals surface area contributed by atoms with Gasteiger partial charge in [-0.2, -0.15) is 0 Å². The average molecular weight is 436 g/mol. The second-order valence-corrected chi connectivity index (χ2v) is 7.38. The van der Waals surface area contributed by atoms with Crippen molar-refractivity contribution in [2.45, 2.75) is 6.42 Å². The van der Waals surface area contributed by atoms with Crippen LogP contribution in [0, 0.1) is 0 Å². The van der Waals surface area contributed by atoms with E-state index in [4.69, 9.17) is 0 Å². The molecule has 0 N–H and O–H groups in total. The van der Waals surface area contributed by atoms with Gasteiger partial charge in [0.05, 0.1) is 0 Å². The number of carbonyl (C=O) groups is 2. The summed E-state index contributed by atoms with van der Waals surface area (Å²) in [7, 11) is 0. The Hall–Kier alpha value is -4.58. The van der Waals surface area contributed by atoms with E-state index in [0.29, 0.717) is 29.2 Å². The Kier molecular flexibility index (Phi) is 6.36. The number of hydrogen-bond donors (Lipinski definition) is 0. The van der Waals surface area contributed by atoms with Crippen LogP contribution in [0.3, 0.4) is 0 Å². The zero-order valence-corrected chi connectivity index (χ0v) is 17.6. The summed E-state index contributed by atoms with van der Waals surface area (Å²) in [6, 6.07) is 31.9. The summed E-state index contributed by atoms with van der Waals surface area (Å²) in [5.74, 6) is 0. The predicted octanol–water partition coefficient (Wildman–Crippen LogP) is 4.24. The molecule has 4 aromatic carbocycles. The van der Waals surface area contributed by atoms with Gasteiger partial charge in [0.1, 0.15) is 12.2 Å². The summed E-state index contributed by atoms with van der Waals surface area (Å²) in [6.07, 6.45) is -2.01. The SMILES string of the molecule is O=C([O-])N(c1ccccc1)c1ccc(Cc2ccc(N(C(=O)[O-])c3ccccc3)cc2)cc1. The monoisotopic (exact) mass is 436 g/mol. The molecule has 4 rings (SSSR count). The van der Waals surface area contributed by atoms with Crippen LogP contribution in [0.4, 0.5) is 32.3 Å². The third-order valence-corrected chi connectivity index (χ3v) is 5.19. The van der Waals surface area contributed by atoms with Crippen molar-refractivity contribution in [1.29, 1.82) is 0 Å². The highest BCUT2D eigenvalue weighted by Crippen LogP contribution is 2.27. The van der Waals surface area contributed by atoms with Crippen molar-refractivity contribution in [2.75, 3.05) is 9.80 Å². The molecule has 0 spiro atoms. The van der Waals surface area contributed by atoms with Crippen LogP contribution < -0.4 is 20.0 Å². The van der Waals surface area contributed by atoms with Gasteiger partial charge in [-0.05, 0) is 66.1 Å². The lowest BCUT2D eigenvalue weighted by Gasteiger charge is -2.25. The number of carboxylic acid groups (broad SMARTS) is 2. The maximum absolute atomic E-state index is 11.7. The Labute approximate surface area is 191 Å². The number of benzene rings is 4. The highest BCUT2D eigenvalue weighted by molar-refractivity contribution is 5.94. The quantitative estimate of drug-likeness (QED) is 0.452. The molecule has 0 unspecified atom stereocenters. The number of para-hydroxylation sites is 2. The second kappa shape index (κ2) is 9.70. The zero-order chi connectivity index (χ0) is 23.2. The Morgan fingerprint density at radius 1 is 0.485 bits per heavy atom. The molecule has 0 aliphatic heterocycles. The predicted molar refractivity (Wildman–Crippen MR) is 124 cm³/mol. The van der Waals surface area contributed by atoms with Gasteiger partial charge in [0.15, 0.2) is 0 Å². The van der Waals surface area contributed by atoms with Gasteiger partial charge in [-0.25, -0.2) is 0 Å². The molecule has 6 nitrogen and oxygen atoms in total. The molecule has 0 saturated heterocycles. The number of carbonyl (C=O) groups excluding carboxylic acids is 2. The Balaban J connectivity index is 1.50. The standard InChI is InChI=1S/C27H22N2O4/c30-26(31)28(22-7-3-1-4-8-22)24-15-11-20(12-16-24)19-21-13-17-25(18-14-21)29(27(32)33)23-9-5-2-6-10-23/h1-18H,19H2,(H,30,31)(H,32,33)/p-2. The molecule has 0 radical (unpaired) electrons. The fourth-order valence-electron chi connectivity index (χ4n) is 3.64. The van der Waals surface area contributed by atoms with Gasteiger partial charge in [-0.1, -0.05) is 60.7 Å². The van der Waals surface area contributed by atoms with E-state index in [9.17, 15) is 19.8 Å². The second-order valence-electron chi connectivity index (χ2n) is 7.38. The number of amides is 2. The smallest absolute Gasteiger partial charge is 0.146 e. The molecule has 0 saturated carbocycles. The third-order valence-electron chi connectivity index (χ3n) is 5.19. The molecule has 2 amide bonds. The minimum absolute atomic E-state index is 0.493. The Morgan fingerprint density at radius 2 is 0.788 bits per heavy atom. The van der Waals surface area contributed by atoms with E-state index in [1.165, 1.54) is 0 Å². The third kappa shape index (κ3) is 5.02. The molecular weight excluding hydrogens is 416 g/mol. The van der Waals surface area contributed by atoms with Gasteiger partial charge in [-0.3, -0.25) is 9.80 Å². The largest absolute Gasteiger partial charge is 0.529 e. The van der Waals surface area contributed by atoms with Gasteiger partial charge < -0.3 is 19.8 Å². The topological polar surface area (TPSA) is 86.7 Å². The van der Waals surface area contributed by atoms with Gasteiger partial charge in [0, 0.05) is 22.7 Å². The van der Waals surface area contributed by atoms with E-state index in [1.54, 1.807) is 72.8 Å². The molecule has 0 bridgehead atoms. The Bertz CT molecular complexity index is 1130. The Morgan fingerprint density at radius 3 is 1.09 bits per heavy atom. The molecule has 0 fully saturated rings. The highest BCUT2D eigenvalue weighted by atomic mass is 16.4. The summed E-state index contributed by atoms with van der Waals surface area (Å²) in [4.78, 5) is 25.6. The lowest BCUT2D eigenvalue weighted by Crippen LogP contribution is -2.37. The molecule has 0 aromatic heterocycles. The molecule has 164 valence electrons. The van der Waals surface area contributed by atoms with Gasteiger partial charge in [0.2, 0.25) is 0 Å². The van der Waals surface area contributed by atoms with Crippen LogP contribution in [0.25, 0.3) is 0 Å². The normalized spacial score (nSPS) is 10.4. The number of hydrogen-bond acceptors (Lipinski definition) is 4. The maximum Gasteiger partial charge on any atom is 0.146 e. The first-order chi connectivity index (χ1) is 16.0. The average Bonchev–Trinajstić information content (AvgIpc) is 2.83. The fraction of sp³-hybridized carbons (Fsp3) is 0.0370. The summed E-state index contributed by atoms with van der Waals surface area (Å²) in [5, 5.41) is 23.4. The van der Waals surface area contributed by atoms with Gasteiger partial charge >= 0.3 is 0 Å². The van der Waals surface area contributed by atoms with E-state index < -0.39 is 12.2 Å². The van der Waals surface area contributed by atoms with Crippen LogP contribution in [0.2, 0.25) is 0 Å². The summed E-state index contributed by atoms with van der Waals surface area (Å²) < 4.78 is 0. The molecule has 0 heterocycles. The minimum Gasteiger partial charge on any atom is -0.529 e. The van der Waals surface area contributed by atoms with Crippen LogP contribution in [0.5, 0.6) is 0 Å². The van der Waals surface area contributed by atoms with Crippen molar-refractivity contribution in [3.8, 4) is 0 Å². The van der Waals surface area contributed by atoms with Crippen molar-refractivity contribution in [1.82, 2.24) is 0 Å². The van der Waals surface area contributed by atoms with Crippen LogP contribution in [0.1, 0.15) is 11.1 Å². The molecule has 0 atom stereocenters. The lowest BCUT2D eigenvalue weighted by atomic mass is 10.0. The summed E-state index contributed by atoms with van der Waals surface area (Å²) in [6.45, 7) is 0. The van der Waals surface area contributed by atoms with Crippen LogP contribution >= 0.6 is 0 Å². The van der Waals surface area contributed by atoms with Crippen molar-refractivity contribution >= 4 is 34.9 Å². The van der Waals surface area contributed by atoms with E-state index in [-0.39, 0.29) is 0 Å². The number of anilines is 4. The van der Waals surface area contributed by atoms with E-state index in [1.807, 2.05) is 36.4 Å². The molecule has 4 aromatic rings. The molecular formula is C27H20N2O4-2. The first kappa shape index (κ1) is 21.6. The maximum atomic E-state index is 11.7. The van der Waals surface area contributed by atoms with Crippen LogP contribution in [0.15, 0.2) is 109 Å². The molecule has 0 aliphatic carbocycles. The van der Waals surface area contributed by atoms with Crippen LogP contribution in [-0.4, -0.2) is 12.2 Å². The first-order valence-corrected chi connectivity index (χ1v) is 10.3. The highest BCUT2D eigenvalue weighted by Gasteiger charge is 2.12. The van der Waals surface area contributed by atoms with Gasteiger partial charge in [0.25, 0.3) is 0 Å². The molecule has 6 heteroatoms.